The summed E-state index contributed by atoms with van der Waals surface area (Å²) in [4.78, 5) is 28.4. The van der Waals surface area contributed by atoms with Gasteiger partial charge in [0, 0.05) is 32.4 Å². The zero-order chi connectivity index (χ0) is 29.0. The topological polar surface area (TPSA) is 51.4 Å². The van der Waals surface area contributed by atoms with Crippen LogP contribution in [-0.2, 0) is 0 Å². The average Bonchev–Trinajstić information content (AvgIpc) is 3.31. The predicted octanol–water partition coefficient (Wildman–Crippen LogP) is 7.40. The summed E-state index contributed by atoms with van der Waals surface area (Å²) in [5, 5.41) is 3.62. The lowest BCUT2D eigenvalue weighted by Gasteiger charge is -2.28. The Kier molecular flexibility index (Phi) is 6.18. The molecule has 0 fully saturated rings. The maximum Gasteiger partial charge on any atom is 0.263 e. The number of pyridine rings is 1. The Balaban J connectivity index is 1.72. The minimum Gasteiger partial charge on any atom is -0.287 e. The molecule has 0 amide bonds. The molecule has 0 saturated heterocycles. The van der Waals surface area contributed by atoms with Crippen LogP contribution in [0.4, 0.5) is 5.69 Å². The molecule has 0 saturated carbocycles. The van der Waals surface area contributed by atoms with Gasteiger partial charge in [0.15, 0.2) is 0 Å². The summed E-state index contributed by atoms with van der Waals surface area (Å²) < 4.78 is 7.36. The number of fused-ring (bicyclic) bond motifs is 5. The molecule has 0 radical (unpaired) electrons. The van der Waals surface area contributed by atoms with Crippen LogP contribution in [0.1, 0.15) is 27.0 Å². The first-order valence-electron chi connectivity index (χ1n) is 14.0. The van der Waals surface area contributed by atoms with Crippen LogP contribution in [-0.4, -0.2) is 10.5 Å². The van der Waals surface area contributed by atoms with E-state index in [-0.39, 0.29) is 11.3 Å². The van der Waals surface area contributed by atoms with Gasteiger partial charge in [-0.1, -0.05) is 120 Å². The van der Waals surface area contributed by atoms with Crippen molar-refractivity contribution in [1.29, 1.82) is 0 Å². The standard InChI is InChI=1S/C37H29N2O2P/c1-24-12-18-27(19-13-24)42(28-20-14-25(2)15-21-28,29-22-16-26(3)17-23-29)38-34-35-30-8-4-5-9-31(30)37(41)39(35)33-11-7-6-10-32(33)36(34)40/h4-23H,1-3H3. The number of nitrogens with zero attached hydrogens (tertiary/aromatic N) is 2. The molecule has 0 bridgehead atoms. The highest BCUT2D eigenvalue weighted by molar-refractivity contribution is 7.87. The highest BCUT2D eigenvalue weighted by Crippen LogP contribution is 2.51. The Hall–Kier alpha value is -4.79. The van der Waals surface area contributed by atoms with E-state index in [9.17, 15) is 9.59 Å². The molecule has 1 aliphatic heterocycles. The van der Waals surface area contributed by atoms with Crippen molar-refractivity contribution in [1.82, 2.24) is 4.57 Å². The van der Waals surface area contributed by atoms with Crippen LogP contribution in [0, 0.1) is 20.8 Å². The molecule has 1 aliphatic rings. The number of benzene rings is 5. The van der Waals surface area contributed by atoms with Gasteiger partial charge in [0.05, 0.1) is 18.3 Å². The molecule has 0 unspecified atom stereocenters. The van der Waals surface area contributed by atoms with E-state index in [1.165, 1.54) is 0 Å². The predicted molar refractivity (Wildman–Crippen MR) is 175 cm³/mol. The molecule has 4 nitrogen and oxygen atoms in total. The lowest BCUT2D eigenvalue weighted by Crippen LogP contribution is -2.26. The number of aryl methyl sites for hydroxylation is 3. The van der Waals surface area contributed by atoms with Crippen LogP contribution in [0.3, 0.4) is 0 Å². The first-order valence-corrected chi connectivity index (χ1v) is 15.8. The average molecular weight is 565 g/mol. The summed E-state index contributed by atoms with van der Waals surface area (Å²) >= 11 is 0. The summed E-state index contributed by atoms with van der Waals surface area (Å²) in [7, 11) is -2.80. The van der Waals surface area contributed by atoms with Crippen molar-refractivity contribution in [2.24, 2.45) is 4.74 Å². The van der Waals surface area contributed by atoms with Gasteiger partial charge in [0.25, 0.3) is 5.91 Å². The van der Waals surface area contributed by atoms with Crippen molar-refractivity contribution in [3.8, 4) is 11.3 Å². The fourth-order valence-corrected chi connectivity index (χ4v) is 9.39. The van der Waals surface area contributed by atoms with E-state index >= 15 is 0 Å². The van der Waals surface area contributed by atoms with Gasteiger partial charge in [0.2, 0.25) is 5.43 Å². The number of aromatic nitrogens is 1. The minimum absolute atomic E-state index is 0.141. The molecule has 0 N–H and O–H groups in total. The number of rotatable bonds is 4. The van der Waals surface area contributed by atoms with E-state index in [0.717, 1.165) is 38.2 Å². The van der Waals surface area contributed by atoms with Crippen molar-refractivity contribution < 1.29 is 4.79 Å². The van der Waals surface area contributed by atoms with Gasteiger partial charge in [-0.2, -0.15) is 0 Å². The fourth-order valence-electron chi connectivity index (χ4n) is 5.92. The number of hydrogen-bond donors (Lipinski definition) is 0. The third kappa shape index (κ3) is 3.94. The maximum atomic E-state index is 14.5. The van der Waals surface area contributed by atoms with Gasteiger partial charge < -0.3 is 0 Å². The second kappa shape index (κ2) is 9.94. The SMILES string of the molecule is Cc1ccc(P(=Nc2c3n(c4ccccc4c2=O)C(=O)c2ccccc2-3)(c2ccc(C)cc2)c2ccc(C)cc2)cc1. The van der Waals surface area contributed by atoms with E-state index in [1.54, 1.807) is 10.6 Å². The summed E-state index contributed by atoms with van der Waals surface area (Å²) in [6, 6.07) is 40.4. The van der Waals surface area contributed by atoms with Crippen LogP contribution in [0.2, 0.25) is 0 Å². The third-order valence-electron chi connectivity index (χ3n) is 8.14. The second-order valence-electron chi connectivity index (χ2n) is 11.0. The maximum absolute atomic E-state index is 14.5. The number of hydrogen-bond acceptors (Lipinski definition) is 3. The highest BCUT2D eigenvalue weighted by Gasteiger charge is 2.34. The summed E-state index contributed by atoms with van der Waals surface area (Å²) in [6.45, 7) is 6.22. The molecule has 0 aliphatic carbocycles. The lowest BCUT2D eigenvalue weighted by atomic mass is 10.1. The zero-order valence-corrected chi connectivity index (χ0v) is 24.6. The minimum atomic E-state index is -2.80. The van der Waals surface area contributed by atoms with Gasteiger partial charge in [-0.25, -0.2) is 4.74 Å². The van der Waals surface area contributed by atoms with Gasteiger partial charge in [-0.05, 0) is 39.0 Å². The first kappa shape index (κ1) is 26.1. The van der Waals surface area contributed by atoms with E-state index in [4.69, 9.17) is 4.74 Å². The Labute approximate surface area is 245 Å². The molecule has 0 spiro atoms. The molecular formula is C37H29N2O2P. The van der Waals surface area contributed by atoms with Gasteiger partial charge in [0.1, 0.15) is 5.69 Å². The summed E-state index contributed by atoms with van der Waals surface area (Å²) in [5.74, 6) is -0.141. The van der Waals surface area contributed by atoms with Crippen molar-refractivity contribution >= 4 is 45.5 Å². The Morgan fingerprint density at radius 1 is 0.548 bits per heavy atom. The number of carbonyl (C=O) groups excluding carboxylic acids is 1. The van der Waals surface area contributed by atoms with E-state index < -0.39 is 7.05 Å². The Bertz CT molecular complexity index is 2020. The first-order chi connectivity index (χ1) is 20.4. The molecule has 1 aromatic heterocycles. The van der Waals surface area contributed by atoms with Crippen LogP contribution in [0.5, 0.6) is 0 Å². The Morgan fingerprint density at radius 2 is 1.00 bits per heavy atom. The zero-order valence-electron chi connectivity index (χ0n) is 23.7. The molecule has 0 atom stereocenters. The van der Waals surface area contributed by atoms with Crippen LogP contribution in [0.25, 0.3) is 22.2 Å². The Morgan fingerprint density at radius 3 is 1.52 bits per heavy atom. The van der Waals surface area contributed by atoms with Crippen molar-refractivity contribution in [2.75, 3.05) is 0 Å². The van der Waals surface area contributed by atoms with Gasteiger partial charge in [-0.15, -0.1) is 0 Å². The molecule has 204 valence electrons. The molecule has 42 heavy (non-hydrogen) atoms. The van der Waals surface area contributed by atoms with Crippen molar-refractivity contribution in [3.63, 3.8) is 0 Å². The molecule has 6 aromatic rings. The van der Waals surface area contributed by atoms with Crippen LogP contribution < -0.4 is 21.3 Å². The van der Waals surface area contributed by atoms with Gasteiger partial charge >= 0.3 is 0 Å². The van der Waals surface area contributed by atoms with E-state index in [1.807, 2.05) is 42.5 Å². The van der Waals surface area contributed by atoms with E-state index in [2.05, 4.69) is 93.6 Å². The molecule has 2 heterocycles. The fraction of sp³-hybridized carbons (Fsp3) is 0.0811. The molecular weight excluding hydrogens is 535 g/mol. The molecule has 5 heteroatoms. The largest absolute Gasteiger partial charge is 0.287 e. The van der Waals surface area contributed by atoms with Gasteiger partial charge in [-0.3, -0.25) is 14.2 Å². The smallest absolute Gasteiger partial charge is 0.263 e. The summed E-state index contributed by atoms with van der Waals surface area (Å²) in [5.41, 5.74) is 6.08. The highest BCUT2D eigenvalue weighted by atomic mass is 31.2. The molecule has 5 aromatic carbocycles. The quantitative estimate of drug-likeness (QED) is 0.209. The normalized spacial score (nSPS) is 12.3. The monoisotopic (exact) mass is 564 g/mol. The van der Waals surface area contributed by atoms with Crippen LogP contribution in [0.15, 0.2) is 131 Å². The molecule has 7 rings (SSSR count). The van der Waals surface area contributed by atoms with E-state index in [0.29, 0.717) is 27.8 Å². The number of carbonyl (C=O) groups is 1. The van der Waals surface area contributed by atoms with Crippen molar-refractivity contribution in [3.05, 3.63) is 154 Å². The second-order valence-corrected chi connectivity index (χ2v) is 14.0. The van der Waals surface area contributed by atoms with Crippen LogP contribution >= 0.6 is 7.05 Å². The summed E-state index contributed by atoms with van der Waals surface area (Å²) in [6.07, 6.45) is 0. The lowest BCUT2D eigenvalue weighted by molar-refractivity contribution is 0.0973. The third-order valence-corrected chi connectivity index (χ3v) is 11.8. The number of para-hydroxylation sites is 1. The van der Waals surface area contributed by atoms with Crippen molar-refractivity contribution in [2.45, 2.75) is 20.8 Å².